The number of nitrogens with zero attached hydrogens (tertiary/aromatic N) is 1. The molecular weight excluding hydrogens is 292 g/mol. The van der Waals surface area contributed by atoms with Crippen LogP contribution in [0.25, 0.3) is 10.6 Å². The minimum atomic E-state index is -0.636. The molecule has 0 fully saturated rings. The summed E-state index contributed by atoms with van der Waals surface area (Å²) in [7, 11) is 0. The molecule has 2 rings (SSSR count). The lowest BCUT2D eigenvalue weighted by molar-refractivity contribution is 0.0780. The molecule has 1 atom stereocenters. The number of aliphatic hydroxyl groups excluding tert-OH is 1. The maximum absolute atomic E-state index is 12.2. The van der Waals surface area contributed by atoms with Crippen molar-refractivity contribution in [3.63, 3.8) is 0 Å². The molecule has 0 radical (unpaired) electrons. The lowest BCUT2D eigenvalue weighted by Gasteiger charge is -2.32. The van der Waals surface area contributed by atoms with Gasteiger partial charge in [-0.05, 0) is 24.3 Å². The summed E-state index contributed by atoms with van der Waals surface area (Å²) in [6.07, 6.45) is 0. The third-order valence-corrected chi connectivity index (χ3v) is 5.08. The minimum absolute atomic E-state index is 0.0993. The van der Waals surface area contributed by atoms with Crippen molar-refractivity contribution in [2.45, 2.75) is 26.3 Å². The van der Waals surface area contributed by atoms with Gasteiger partial charge in [0, 0.05) is 16.3 Å². The Labute approximate surface area is 126 Å². The van der Waals surface area contributed by atoms with Crippen LogP contribution >= 0.6 is 22.7 Å². The number of hydrogen-bond donors (Lipinski definition) is 2. The van der Waals surface area contributed by atoms with Gasteiger partial charge >= 0.3 is 0 Å². The Morgan fingerprint density at radius 2 is 2.25 bits per heavy atom. The van der Waals surface area contributed by atoms with Gasteiger partial charge in [-0.2, -0.15) is 11.3 Å². The van der Waals surface area contributed by atoms with Gasteiger partial charge in [0.2, 0.25) is 0 Å². The topological polar surface area (TPSA) is 62.2 Å². The van der Waals surface area contributed by atoms with Crippen LogP contribution in [0.3, 0.4) is 0 Å². The van der Waals surface area contributed by atoms with Crippen LogP contribution in [0.5, 0.6) is 0 Å². The van der Waals surface area contributed by atoms with Crippen molar-refractivity contribution in [2.75, 3.05) is 6.61 Å². The van der Waals surface area contributed by atoms with E-state index in [0.29, 0.717) is 5.69 Å². The largest absolute Gasteiger partial charge is 0.394 e. The van der Waals surface area contributed by atoms with Gasteiger partial charge in [-0.1, -0.05) is 13.8 Å². The number of nitrogens with one attached hydrogen (secondary N) is 1. The first-order chi connectivity index (χ1) is 9.46. The quantitative estimate of drug-likeness (QED) is 0.892. The molecule has 108 valence electrons. The van der Waals surface area contributed by atoms with E-state index in [2.05, 4.69) is 10.3 Å². The van der Waals surface area contributed by atoms with E-state index in [1.54, 1.807) is 16.7 Å². The van der Waals surface area contributed by atoms with E-state index in [1.165, 1.54) is 11.3 Å². The SMILES string of the molecule is CC(C)C(C)(CO)NC(=O)c1csc(-c2ccsc2)n1. The van der Waals surface area contributed by atoms with Crippen molar-refractivity contribution in [3.8, 4) is 10.6 Å². The van der Waals surface area contributed by atoms with Crippen LogP contribution in [-0.2, 0) is 0 Å². The lowest BCUT2D eigenvalue weighted by atomic mass is 9.89. The number of hydrogen-bond acceptors (Lipinski definition) is 5. The number of aliphatic hydroxyl groups is 1. The van der Waals surface area contributed by atoms with Crippen LogP contribution in [0.15, 0.2) is 22.2 Å². The summed E-state index contributed by atoms with van der Waals surface area (Å²) in [4.78, 5) is 16.6. The van der Waals surface area contributed by atoms with E-state index in [0.717, 1.165) is 10.6 Å². The Balaban J connectivity index is 2.14. The molecule has 0 aliphatic heterocycles. The second kappa shape index (κ2) is 6.03. The van der Waals surface area contributed by atoms with Crippen LogP contribution in [-0.4, -0.2) is 28.1 Å². The number of thiazole rings is 1. The average Bonchev–Trinajstić information content (AvgIpc) is 3.08. The first kappa shape index (κ1) is 15.2. The van der Waals surface area contributed by atoms with Gasteiger partial charge in [-0.25, -0.2) is 4.98 Å². The Morgan fingerprint density at radius 1 is 1.50 bits per heavy atom. The van der Waals surface area contributed by atoms with Crippen molar-refractivity contribution in [3.05, 3.63) is 27.9 Å². The van der Waals surface area contributed by atoms with E-state index in [-0.39, 0.29) is 18.4 Å². The predicted octanol–water partition coefficient (Wildman–Crippen LogP) is 3.01. The molecule has 2 aromatic heterocycles. The molecule has 2 heterocycles. The zero-order valence-corrected chi connectivity index (χ0v) is 13.3. The zero-order valence-electron chi connectivity index (χ0n) is 11.7. The van der Waals surface area contributed by atoms with Gasteiger partial charge in [-0.3, -0.25) is 4.79 Å². The first-order valence-corrected chi connectivity index (χ1v) is 8.20. The molecule has 0 spiro atoms. The average molecular weight is 310 g/mol. The molecule has 0 aliphatic rings. The highest BCUT2D eigenvalue weighted by Gasteiger charge is 2.30. The van der Waals surface area contributed by atoms with E-state index in [1.807, 2.05) is 37.6 Å². The predicted molar refractivity (Wildman–Crippen MR) is 83.2 cm³/mol. The first-order valence-electron chi connectivity index (χ1n) is 6.38. The van der Waals surface area contributed by atoms with Gasteiger partial charge in [0.15, 0.2) is 0 Å². The molecule has 1 unspecified atom stereocenters. The molecule has 0 saturated heterocycles. The highest BCUT2D eigenvalue weighted by atomic mass is 32.1. The van der Waals surface area contributed by atoms with E-state index in [4.69, 9.17) is 0 Å². The maximum atomic E-state index is 12.2. The number of carbonyl (C=O) groups excluding carboxylic acids is 1. The molecule has 0 bridgehead atoms. The smallest absolute Gasteiger partial charge is 0.271 e. The summed E-state index contributed by atoms with van der Waals surface area (Å²) < 4.78 is 0. The van der Waals surface area contributed by atoms with E-state index >= 15 is 0 Å². The third-order valence-electron chi connectivity index (χ3n) is 3.51. The lowest BCUT2D eigenvalue weighted by Crippen LogP contribution is -2.52. The van der Waals surface area contributed by atoms with Crippen molar-refractivity contribution >= 4 is 28.6 Å². The van der Waals surface area contributed by atoms with Crippen LogP contribution in [0, 0.1) is 5.92 Å². The number of carbonyl (C=O) groups is 1. The maximum Gasteiger partial charge on any atom is 0.271 e. The summed E-state index contributed by atoms with van der Waals surface area (Å²) in [5.74, 6) is -0.112. The molecule has 1 amide bonds. The fourth-order valence-corrected chi connectivity index (χ4v) is 3.10. The van der Waals surface area contributed by atoms with Crippen molar-refractivity contribution in [1.29, 1.82) is 0 Å². The normalized spacial score (nSPS) is 14.2. The summed E-state index contributed by atoms with van der Waals surface area (Å²) in [6.45, 7) is 5.67. The van der Waals surface area contributed by atoms with Gasteiger partial charge in [0.25, 0.3) is 5.91 Å². The van der Waals surface area contributed by atoms with Gasteiger partial charge in [-0.15, -0.1) is 11.3 Å². The van der Waals surface area contributed by atoms with Crippen LogP contribution < -0.4 is 5.32 Å². The Kier molecular flexibility index (Phi) is 4.57. The fourth-order valence-electron chi connectivity index (χ4n) is 1.59. The molecule has 0 saturated carbocycles. The number of thiophene rings is 1. The minimum Gasteiger partial charge on any atom is -0.394 e. The molecule has 2 N–H and O–H groups in total. The van der Waals surface area contributed by atoms with Crippen LogP contribution in [0.2, 0.25) is 0 Å². The number of amides is 1. The number of aromatic nitrogens is 1. The zero-order chi connectivity index (χ0) is 14.8. The van der Waals surface area contributed by atoms with Crippen molar-refractivity contribution < 1.29 is 9.90 Å². The monoisotopic (exact) mass is 310 g/mol. The highest BCUT2D eigenvalue weighted by Crippen LogP contribution is 2.26. The van der Waals surface area contributed by atoms with Crippen LogP contribution in [0.4, 0.5) is 0 Å². The second-order valence-electron chi connectivity index (χ2n) is 5.23. The molecule has 0 aliphatic carbocycles. The molecule has 0 aromatic carbocycles. The molecule has 4 nitrogen and oxygen atoms in total. The Hall–Kier alpha value is -1.24. The Bertz CT molecular complexity index is 578. The van der Waals surface area contributed by atoms with Gasteiger partial charge in [0.05, 0.1) is 12.1 Å². The molecule has 2 aromatic rings. The third kappa shape index (κ3) is 3.08. The van der Waals surface area contributed by atoms with Crippen LogP contribution in [0.1, 0.15) is 31.3 Å². The second-order valence-corrected chi connectivity index (χ2v) is 6.87. The van der Waals surface area contributed by atoms with Gasteiger partial charge in [0.1, 0.15) is 10.7 Å². The summed E-state index contributed by atoms with van der Waals surface area (Å²) in [5, 5.41) is 18.9. The van der Waals surface area contributed by atoms with E-state index in [9.17, 15) is 9.90 Å². The van der Waals surface area contributed by atoms with Crippen molar-refractivity contribution in [2.24, 2.45) is 5.92 Å². The Morgan fingerprint density at radius 3 is 2.80 bits per heavy atom. The summed E-state index contributed by atoms with van der Waals surface area (Å²) >= 11 is 3.05. The summed E-state index contributed by atoms with van der Waals surface area (Å²) in [5.41, 5.74) is 0.799. The number of rotatable bonds is 5. The molecule has 20 heavy (non-hydrogen) atoms. The standard InChI is InChI=1S/C14H18N2O2S2/c1-9(2)14(3,8-17)16-12(18)11-7-20-13(15-11)10-4-5-19-6-10/h4-7,9,17H,8H2,1-3H3,(H,16,18). The fraction of sp³-hybridized carbons (Fsp3) is 0.429. The van der Waals surface area contributed by atoms with Gasteiger partial charge < -0.3 is 10.4 Å². The molecular formula is C14H18N2O2S2. The summed E-state index contributed by atoms with van der Waals surface area (Å²) in [6, 6.07) is 1.98. The molecule has 6 heteroatoms. The highest BCUT2D eigenvalue weighted by molar-refractivity contribution is 7.14. The van der Waals surface area contributed by atoms with E-state index < -0.39 is 5.54 Å². The van der Waals surface area contributed by atoms with Crippen molar-refractivity contribution in [1.82, 2.24) is 10.3 Å².